The van der Waals surface area contributed by atoms with Crippen LogP contribution in [0.4, 0.5) is 0 Å². The molecule has 0 N–H and O–H groups in total. The van der Waals surface area contributed by atoms with Gasteiger partial charge in [0.1, 0.15) is 0 Å². The first kappa shape index (κ1) is 33.0. The van der Waals surface area contributed by atoms with Crippen molar-refractivity contribution in [2.24, 2.45) is 0 Å². The highest BCUT2D eigenvalue weighted by Gasteiger charge is 2.34. The quantitative estimate of drug-likeness (QED) is 0.152. The topological polar surface area (TPSA) is 0 Å². The summed E-state index contributed by atoms with van der Waals surface area (Å²) < 4.78 is 50.0. The normalized spacial score (nSPS) is 13.6. The third kappa shape index (κ3) is 5.10. The Balaban J connectivity index is 0.000000669. The molecule has 0 atom stereocenters. The lowest BCUT2D eigenvalue weighted by Gasteiger charge is -2.23. The van der Waals surface area contributed by atoms with Crippen LogP contribution < -0.4 is 0 Å². The van der Waals surface area contributed by atoms with Crippen molar-refractivity contribution < 1.29 is 14.8 Å². The minimum absolute atomic E-state index is 0.00214. The van der Waals surface area contributed by atoms with E-state index in [9.17, 15) is 0 Å². The maximum atomic E-state index is 5.00. The Kier molecular flexibility index (Phi) is 6.53. The van der Waals surface area contributed by atoms with Crippen LogP contribution in [0.15, 0.2) is 182 Å². The van der Waals surface area contributed by atoms with Gasteiger partial charge in [-0.05, 0) is 213 Å². The highest BCUT2D eigenvalue weighted by molar-refractivity contribution is 6.35. The van der Waals surface area contributed by atoms with E-state index in [0.717, 1.165) is 0 Å². The molecule has 66 heavy (non-hydrogen) atoms. The van der Waals surface area contributed by atoms with Gasteiger partial charge in [-0.25, -0.2) is 0 Å². The summed E-state index contributed by atoms with van der Waals surface area (Å²) in [4.78, 5) is 0. The Morgan fingerprint density at radius 3 is 1.35 bits per heavy atom. The first-order valence-electron chi connectivity index (χ1n) is 28.7. The van der Waals surface area contributed by atoms with E-state index in [0.29, 0.717) is 0 Å². The summed E-state index contributed by atoms with van der Waals surface area (Å²) in [7, 11) is 0. The molecule has 12 aromatic rings. The minimum atomic E-state index is -0.0390. The summed E-state index contributed by atoms with van der Waals surface area (Å²) in [6.45, 7) is 14.1. The van der Waals surface area contributed by atoms with E-state index < -0.39 is 0 Å². The van der Waals surface area contributed by atoms with Gasteiger partial charge in [0, 0.05) is 14.8 Å². The molecule has 0 fully saturated rings. The molecule has 2 aliphatic rings. The van der Waals surface area contributed by atoms with Gasteiger partial charge < -0.3 is 0 Å². The molecule has 0 amide bonds. The van der Waals surface area contributed by atoms with Crippen LogP contribution in [0, 0.1) is 0 Å². The Morgan fingerprint density at radius 2 is 0.712 bits per heavy atom. The molecule has 0 radical (unpaired) electrons. The van der Waals surface area contributed by atoms with Crippen molar-refractivity contribution in [3.05, 3.63) is 193 Å². The number of rotatable bonds is 2. The van der Waals surface area contributed by atoms with Gasteiger partial charge in [0.15, 0.2) is 0 Å². The lowest BCUT2D eigenvalue weighted by molar-refractivity contribution is 0.591. The number of hydrogen-bond acceptors (Lipinski definition) is 0. The summed E-state index contributed by atoms with van der Waals surface area (Å²) >= 11 is 0. The lowest BCUT2D eigenvalue weighted by atomic mass is 9.80. The lowest BCUT2D eigenvalue weighted by Crippen LogP contribution is -2.11. The Morgan fingerprint density at radius 1 is 0.273 bits per heavy atom. The van der Waals surface area contributed by atoms with Gasteiger partial charge in [-0.15, -0.1) is 0 Å². The molecule has 0 heteroatoms. The second-order valence-corrected chi connectivity index (χ2v) is 21.2. The zero-order valence-electron chi connectivity index (χ0n) is 48.3. The van der Waals surface area contributed by atoms with Crippen LogP contribution in [-0.2, 0) is 10.8 Å². The molecular formula is C66H58. The largest absolute Gasteiger partial charge is 0.0622 e. The fraction of sp³-hybridized carbons (Fsp3) is 0.121. The standard InChI is InChI=1S/C66H48.5H2/c1-65(2,3)42-32-53-44-23-15-13-21-39(44)30-52-50-29-41-25-26-47-46(49(41)36-51(50)55(34-42)60(52)53)27-28-48-58(37-17-9-7-10-18-37)63-57-35-43(66(4,5)6)33-54-45-24-16-14-22-40(45)31-56(61(54)57)64(63)59(62(47)48)38-19-11-8-12-20-38;;;;;/h7-36H,1-6H3;5*1H/i;5*1+1D. The second-order valence-electron chi connectivity index (χ2n) is 21.2. The molecule has 12 aromatic carbocycles. The summed E-state index contributed by atoms with van der Waals surface area (Å²) in [6, 6.07) is 70.1. The third-order valence-electron chi connectivity index (χ3n) is 15.3. The van der Waals surface area contributed by atoms with E-state index in [1.54, 1.807) is 0 Å². The predicted molar refractivity (Wildman–Crippen MR) is 297 cm³/mol. The smallest absolute Gasteiger partial charge is 0 e. The molecule has 0 spiro atoms. The summed E-state index contributed by atoms with van der Waals surface area (Å²) in [5, 5.41) is 18.4. The SMILES string of the molecule is CC(C)(C)c1cc2c3c(cc4ccccc4c3c1)-c1cc3ccc4c(ccc5c(-c6ccccc6)c6c(c(-c7ccccc7)c54)-c4cc5ccccc5c5cc(C(C)(C)C)cc-6c45)c3cc1-2.[2H][2H].[2H][2H].[2H][2H].[2H][2H].[2H][2H]. The van der Waals surface area contributed by atoms with E-state index in [2.05, 4.69) is 224 Å². The molecule has 0 heterocycles. The molecule has 2 aliphatic carbocycles. The molecule has 0 saturated heterocycles. The molecule has 0 unspecified atom stereocenters. The highest BCUT2D eigenvalue weighted by Crippen LogP contribution is 2.61. The summed E-state index contributed by atoms with van der Waals surface area (Å²) in [6.07, 6.45) is 0. The Bertz CT molecular complexity index is 4180. The van der Waals surface area contributed by atoms with Crippen LogP contribution in [0.3, 0.4) is 0 Å². The first-order chi connectivity index (χ1) is 37.0. The first-order valence-corrected chi connectivity index (χ1v) is 23.7. The van der Waals surface area contributed by atoms with Crippen LogP contribution in [0.5, 0.6) is 0 Å². The third-order valence-corrected chi connectivity index (χ3v) is 15.3. The maximum Gasteiger partial charge on any atom is 0 e. The molecule has 14 rings (SSSR count). The van der Waals surface area contributed by atoms with Crippen molar-refractivity contribution in [2.45, 2.75) is 52.4 Å². The predicted octanol–water partition coefficient (Wildman–Crippen LogP) is 20.2. The van der Waals surface area contributed by atoms with E-state index in [1.165, 1.54) is 153 Å². The average molecular weight is 861 g/mol. The highest BCUT2D eigenvalue weighted by atomic mass is 14.4. The van der Waals surface area contributed by atoms with E-state index >= 15 is 0 Å². The zero-order valence-corrected chi connectivity index (χ0v) is 38.3. The van der Waals surface area contributed by atoms with E-state index in [-0.39, 0.29) is 10.8 Å². The van der Waals surface area contributed by atoms with Crippen LogP contribution in [-0.4, -0.2) is 0 Å². The van der Waals surface area contributed by atoms with Gasteiger partial charge in [0.2, 0.25) is 0 Å². The Hall–Kier alpha value is -7.54. The molecule has 0 nitrogen and oxygen atoms in total. The monoisotopic (exact) mass is 861 g/mol. The van der Waals surface area contributed by atoms with Gasteiger partial charge in [-0.3, -0.25) is 0 Å². The van der Waals surface area contributed by atoms with Crippen LogP contribution in [0.2, 0.25) is 0 Å². The molecule has 0 saturated carbocycles. The Labute approximate surface area is 401 Å². The summed E-state index contributed by atoms with van der Waals surface area (Å²) in [5.74, 6) is 0. The van der Waals surface area contributed by atoms with Crippen LogP contribution in [0.1, 0.15) is 67.5 Å². The minimum Gasteiger partial charge on any atom is -0.0622 e. The van der Waals surface area contributed by atoms with Gasteiger partial charge in [0.25, 0.3) is 0 Å². The molecule has 0 bridgehead atoms. The fourth-order valence-corrected chi connectivity index (χ4v) is 12.1. The van der Waals surface area contributed by atoms with Gasteiger partial charge in [-0.1, -0.05) is 175 Å². The maximum absolute atomic E-state index is 5.00. The number of hydrogen-bond donors (Lipinski definition) is 0. The molecule has 322 valence electrons. The second kappa shape index (κ2) is 13.1. The molecular weight excluding hydrogens is 793 g/mol. The van der Waals surface area contributed by atoms with Gasteiger partial charge >= 0.3 is 0 Å². The van der Waals surface area contributed by atoms with Crippen molar-refractivity contribution in [3.63, 3.8) is 0 Å². The van der Waals surface area contributed by atoms with Gasteiger partial charge in [-0.2, -0.15) is 0 Å². The number of fused-ring (bicyclic) bond motifs is 15. The van der Waals surface area contributed by atoms with Crippen LogP contribution >= 0.6 is 0 Å². The van der Waals surface area contributed by atoms with Crippen LogP contribution in [0.25, 0.3) is 142 Å². The van der Waals surface area contributed by atoms with Gasteiger partial charge in [0.05, 0.1) is 0 Å². The van der Waals surface area contributed by atoms with Crippen molar-refractivity contribution in [2.75, 3.05) is 0 Å². The van der Waals surface area contributed by atoms with Crippen molar-refractivity contribution in [3.8, 4) is 66.8 Å². The summed E-state index contributed by atoms with van der Waals surface area (Å²) in [5.41, 5.74) is 18.5. The van der Waals surface area contributed by atoms with Crippen molar-refractivity contribution >= 4 is 75.4 Å². The van der Waals surface area contributed by atoms with Crippen molar-refractivity contribution in [1.82, 2.24) is 0 Å². The fourth-order valence-electron chi connectivity index (χ4n) is 12.1. The van der Waals surface area contributed by atoms with Crippen molar-refractivity contribution in [1.29, 1.82) is 0 Å². The molecule has 0 aromatic heterocycles. The van der Waals surface area contributed by atoms with E-state index in [1.807, 2.05) is 0 Å². The average Bonchev–Trinajstić information content (AvgIpc) is 4.18. The zero-order chi connectivity index (χ0) is 54.4. The molecule has 0 aliphatic heterocycles. The number of benzene rings is 12. The van der Waals surface area contributed by atoms with E-state index in [4.69, 9.17) is 14.8 Å².